The summed E-state index contributed by atoms with van der Waals surface area (Å²) in [5.74, 6) is 0.883. The van der Waals surface area contributed by atoms with Crippen LogP contribution in [0.1, 0.15) is 48.5 Å². The average molecular weight is 492 g/mol. The van der Waals surface area contributed by atoms with E-state index in [2.05, 4.69) is 10.3 Å². The second-order valence-corrected chi connectivity index (χ2v) is 7.40. The minimum Gasteiger partial charge on any atom is -0.490 e. The van der Waals surface area contributed by atoms with Gasteiger partial charge in [-0.3, -0.25) is 9.78 Å². The number of piperazine rings is 1. The molecular formula is C27H42ClN3O3. The molecule has 7 heteroatoms. The second-order valence-electron chi connectivity index (χ2n) is 6.99. The van der Waals surface area contributed by atoms with E-state index in [1.165, 1.54) is 0 Å². The number of carbonyl (C=O) groups is 1. The molecule has 1 amide bonds. The van der Waals surface area contributed by atoms with Crippen LogP contribution in [-0.2, 0) is 9.53 Å². The summed E-state index contributed by atoms with van der Waals surface area (Å²) in [5, 5.41) is 3.92. The maximum Gasteiger partial charge on any atom is 0.289 e. The molecule has 1 aliphatic heterocycles. The van der Waals surface area contributed by atoms with E-state index in [9.17, 15) is 4.79 Å². The summed E-state index contributed by atoms with van der Waals surface area (Å²) in [5.41, 5.74) is 0.814. The highest BCUT2D eigenvalue weighted by Gasteiger charge is 2.30. The van der Waals surface area contributed by atoms with Gasteiger partial charge in [0.05, 0.1) is 12.2 Å². The number of nitrogens with zero attached hydrogens (tertiary/aromatic N) is 2. The molecular weight excluding hydrogens is 450 g/mol. The molecule has 1 aliphatic rings. The van der Waals surface area contributed by atoms with Gasteiger partial charge in [0.2, 0.25) is 0 Å². The lowest BCUT2D eigenvalue weighted by Crippen LogP contribution is -2.56. The van der Waals surface area contributed by atoms with Crippen molar-refractivity contribution in [1.29, 1.82) is 0 Å². The predicted molar refractivity (Wildman–Crippen MR) is 143 cm³/mol. The van der Waals surface area contributed by atoms with Crippen molar-refractivity contribution in [2.75, 3.05) is 32.8 Å². The molecule has 1 atom stereocenters. The van der Waals surface area contributed by atoms with Crippen LogP contribution in [0.2, 0.25) is 0 Å². The van der Waals surface area contributed by atoms with Crippen LogP contribution < -0.4 is 10.1 Å². The first-order chi connectivity index (χ1) is 16.1. The number of pyridine rings is 1. The topological polar surface area (TPSA) is 63.7 Å². The Hall–Kier alpha value is -2.57. The maximum absolute atomic E-state index is 13.3. The Kier molecular flexibility index (Phi) is 17.4. The molecule has 2 rings (SSSR count). The van der Waals surface area contributed by atoms with Crippen LogP contribution in [0.3, 0.4) is 0 Å². The SMILES string of the molecule is C.CC.C\C=C/C(Cl)=C(\C=C/C)CO/C(=C\CC)C(=O)N1CCNCC1COc1cccnc1. The Morgan fingerprint density at radius 2 is 2.03 bits per heavy atom. The molecule has 0 aliphatic carbocycles. The molecule has 0 bridgehead atoms. The van der Waals surface area contributed by atoms with E-state index in [-0.39, 0.29) is 26.0 Å². The van der Waals surface area contributed by atoms with Gasteiger partial charge >= 0.3 is 0 Å². The zero-order valence-electron chi connectivity index (χ0n) is 20.5. The summed E-state index contributed by atoms with van der Waals surface area (Å²) in [4.78, 5) is 19.2. The molecule has 34 heavy (non-hydrogen) atoms. The quantitative estimate of drug-likeness (QED) is 0.251. The van der Waals surface area contributed by atoms with Crippen LogP contribution in [0.5, 0.6) is 5.75 Å². The number of aromatic nitrogens is 1. The van der Waals surface area contributed by atoms with Crippen molar-refractivity contribution in [1.82, 2.24) is 15.2 Å². The van der Waals surface area contributed by atoms with Crippen LogP contribution in [0.15, 0.2) is 71.3 Å². The summed E-state index contributed by atoms with van der Waals surface area (Å²) in [6.45, 7) is 12.4. The van der Waals surface area contributed by atoms with Gasteiger partial charge in [-0.15, -0.1) is 0 Å². The zero-order chi connectivity index (χ0) is 24.5. The first kappa shape index (κ1) is 31.4. The number of carbonyl (C=O) groups excluding carboxylic acids is 1. The van der Waals surface area contributed by atoms with Crippen LogP contribution in [0.25, 0.3) is 0 Å². The van der Waals surface area contributed by atoms with Crippen molar-refractivity contribution in [3.05, 3.63) is 71.3 Å². The number of hydrogen-bond acceptors (Lipinski definition) is 5. The number of halogens is 1. The molecule has 1 N–H and O–H groups in total. The van der Waals surface area contributed by atoms with Gasteiger partial charge in [0.25, 0.3) is 5.91 Å². The lowest BCUT2D eigenvalue weighted by atomic mass is 10.2. The summed E-state index contributed by atoms with van der Waals surface area (Å²) in [6, 6.07) is 3.56. The highest BCUT2D eigenvalue weighted by molar-refractivity contribution is 6.31. The van der Waals surface area contributed by atoms with Gasteiger partial charge in [-0.1, -0.05) is 58.0 Å². The molecule has 1 aromatic rings. The third-order valence-electron chi connectivity index (χ3n) is 4.66. The standard InChI is InChI=1S/C24H32ClN3O3.C2H6.CH4/c1-4-8-19(22(25)9-5-2)17-31-23(10-6-3)24(29)28-14-13-27-15-20(28)18-30-21-11-7-12-26-16-21;1-2;/h4-5,7-12,16,20,27H,6,13-15,17-18H2,1-3H3;1-2H3;1H4/b8-4-,9-5-,22-19-,23-10-;;. The number of nitrogens with one attached hydrogen (secondary N) is 1. The number of allylic oxidation sites excluding steroid dienone is 5. The Labute approximate surface area is 211 Å². The number of rotatable bonds is 10. The normalized spacial score (nSPS) is 16.9. The van der Waals surface area contributed by atoms with Gasteiger partial charge in [-0.05, 0) is 44.6 Å². The molecule has 1 unspecified atom stereocenters. The van der Waals surface area contributed by atoms with Gasteiger partial charge < -0.3 is 19.7 Å². The van der Waals surface area contributed by atoms with Gasteiger partial charge in [0, 0.05) is 36.4 Å². The minimum atomic E-state index is -0.134. The van der Waals surface area contributed by atoms with Gasteiger partial charge in [0.1, 0.15) is 19.0 Å². The van der Waals surface area contributed by atoms with Crippen molar-refractivity contribution in [3.63, 3.8) is 0 Å². The smallest absolute Gasteiger partial charge is 0.289 e. The lowest BCUT2D eigenvalue weighted by molar-refractivity contribution is -0.134. The van der Waals surface area contributed by atoms with Crippen LogP contribution in [0, 0.1) is 0 Å². The summed E-state index contributed by atoms with van der Waals surface area (Å²) >= 11 is 6.35. The monoisotopic (exact) mass is 491 g/mol. The molecule has 1 fully saturated rings. The fourth-order valence-electron chi connectivity index (χ4n) is 3.14. The number of ether oxygens (including phenoxy) is 2. The Bertz CT molecular complexity index is 820. The van der Waals surface area contributed by atoms with Crippen molar-refractivity contribution in [3.8, 4) is 5.75 Å². The average Bonchev–Trinajstić information content (AvgIpc) is 2.86. The molecule has 0 aromatic carbocycles. The third-order valence-corrected chi connectivity index (χ3v) is 5.03. The van der Waals surface area contributed by atoms with Crippen molar-refractivity contribution < 1.29 is 14.3 Å². The highest BCUT2D eigenvalue weighted by Crippen LogP contribution is 2.18. The van der Waals surface area contributed by atoms with E-state index < -0.39 is 0 Å². The van der Waals surface area contributed by atoms with Crippen LogP contribution in [-0.4, -0.2) is 54.7 Å². The summed E-state index contributed by atoms with van der Waals surface area (Å²) in [7, 11) is 0. The molecule has 0 radical (unpaired) electrons. The van der Waals surface area contributed by atoms with E-state index in [0.717, 1.165) is 12.1 Å². The van der Waals surface area contributed by atoms with Crippen LogP contribution in [0.4, 0.5) is 0 Å². The molecule has 1 saturated heterocycles. The van der Waals surface area contributed by atoms with Gasteiger partial charge in [-0.25, -0.2) is 0 Å². The predicted octanol–water partition coefficient (Wildman–Crippen LogP) is 5.88. The fourth-order valence-corrected chi connectivity index (χ4v) is 3.39. The maximum atomic E-state index is 13.3. The first-order valence-corrected chi connectivity index (χ1v) is 12.0. The Morgan fingerprint density at radius 3 is 2.65 bits per heavy atom. The van der Waals surface area contributed by atoms with E-state index >= 15 is 0 Å². The van der Waals surface area contributed by atoms with Crippen molar-refractivity contribution >= 4 is 17.5 Å². The fraction of sp³-hybridized carbons (Fsp3) is 0.481. The Morgan fingerprint density at radius 1 is 1.29 bits per heavy atom. The van der Waals surface area contributed by atoms with Crippen LogP contribution >= 0.6 is 11.6 Å². The highest BCUT2D eigenvalue weighted by atomic mass is 35.5. The first-order valence-electron chi connectivity index (χ1n) is 11.6. The van der Waals surface area contributed by atoms with E-state index in [1.54, 1.807) is 12.4 Å². The second kappa shape index (κ2) is 18.8. The number of hydrogen-bond donors (Lipinski definition) is 1. The molecule has 2 heterocycles. The molecule has 6 nitrogen and oxygen atoms in total. The molecule has 190 valence electrons. The van der Waals surface area contributed by atoms with E-state index in [1.807, 2.05) is 82.0 Å². The Balaban J connectivity index is 0.00000353. The van der Waals surface area contributed by atoms with Gasteiger partial charge in [-0.2, -0.15) is 0 Å². The molecule has 1 aromatic heterocycles. The largest absolute Gasteiger partial charge is 0.490 e. The van der Waals surface area contributed by atoms with Crippen molar-refractivity contribution in [2.45, 2.75) is 54.5 Å². The zero-order valence-corrected chi connectivity index (χ0v) is 21.3. The summed E-state index contributed by atoms with van der Waals surface area (Å²) < 4.78 is 11.8. The minimum absolute atomic E-state index is 0. The van der Waals surface area contributed by atoms with Gasteiger partial charge in [0.15, 0.2) is 5.76 Å². The summed E-state index contributed by atoms with van der Waals surface area (Å²) in [6.07, 6.45) is 13.3. The molecule has 0 spiro atoms. The van der Waals surface area contributed by atoms with E-state index in [4.69, 9.17) is 21.1 Å². The van der Waals surface area contributed by atoms with E-state index in [0.29, 0.717) is 42.7 Å². The van der Waals surface area contributed by atoms with Crippen molar-refractivity contribution in [2.24, 2.45) is 0 Å². The third kappa shape index (κ3) is 10.6. The number of amides is 1. The lowest BCUT2D eigenvalue weighted by Gasteiger charge is -2.36. The molecule has 0 saturated carbocycles.